The Kier molecular flexibility index (Phi) is 10.2. The summed E-state index contributed by atoms with van der Waals surface area (Å²) in [6.07, 6.45) is 1.17. The Hall–Kier alpha value is -0.860. The van der Waals surface area contributed by atoms with Crippen molar-refractivity contribution in [3.8, 4) is 0 Å². The van der Waals surface area contributed by atoms with Gasteiger partial charge in [-0.3, -0.25) is 14.8 Å². The quantitative estimate of drug-likeness (QED) is 0.395. The first-order valence-electron chi connectivity index (χ1n) is 8.58. The average molecular weight is 327 g/mol. The van der Waals surface area contributed by atoms with E-state index in [9.17, 15) is 10.2 Å². The molecule has 1 aliphatic heterocycles. The second kappa shape index (κ2) is 11.6. The van der Waals surface area contributed by atoms with Gasteiger partial charge >= 0.3 is 0 Å². The van der Waals surface area contributed by atoms with Gasteiger partial charge in [-0.15, -0.1) is 0 Å². The van der Waals surface area contributed by atoms with E-state index in [-0.39, 0.29) is 12.2 Å². The molecule has 0 saturated heterocycles. The maximum Gasteiger partial charge on any atom is 0.137 e. The Balaban J connectivity index is 2.33. The van der Waals surface area contributed by atoms with Crippen LogP contribution in [0, 0.1) is 0 Å². The second-order valence-corrected chi connectivity index (χ2v) is 6.14. The van der Waals surface area contributed by atoms with Crippen LogP contribution >= 0.6 is 0 Å². The lowest BCUT2D eigenvalue weighted by Gasteiger charge is -2.27. The molecule has 0 amide bonds. The molecule has 1 heterocycles. The van der Waals surface area contributed by atoms with Crippen LogP contribution in [0.2, 0.25) is 0 Å². The molecule has 0 spiro atoms. The van der Waals surface area contributed by atoms with Crippen LogP contribution in [0.1, 0.15) is 20.8 Å². The first-order valence-corrected chi connectivity index (χ1v) is 8.58. The zero-order valence-electron chi connectivity index (χ0n) is 14.8. The van der Waals surface area contributed by atoms with Crippen LogP contribution in [-0.4, -0.2) is 103 Å². The molecule has 23 heavy (non-hydrogen) atoms. The zero-order chi connectivity index (χ0) is 17.1. The number of nitrogens with one attached hydrogen (secondary N) is 1. The van der Waals surface area contributed by atoms with E-state index in [1.165, 1.54) is 0 Å². The molecule has 0 aromatic heterocycles. The molecule has 1 aliphatic rings. The Morgan fingerprint density at radius 1 is 1.17 bits per heavy atom. The molecule has 0 radical (unpaired) electrons. The van der Waals surface area contributed by atoms with Crippen LogP contribution in [0.15, 0.2) is 9.98 Å². The highest BCUT2D eigenvalue weighted by Crippen LogP contribution is 1.98. The van der Waals surface area contributed by atoms with E-state index in [1.54, 1.807) is 6.92 Å². The van der Waals surface area contributed by atoms with E-state index in [4.69, 9.17) is 0 Å². The fourth-order valence-electron chi connectivity index (χ4n) is 2.47. The summed E-state index contributed by atoms with van der Waals surface area (Å²) in [5, 5.41) is 22.2. The highest BCUT2D eigenvalue weighted by atomic mass is 16.3. The minimum absolute atomic E-state index is 0.330. The van der Waals surface area contributed by atoms with Crippen molar-refractivity contribution in [1.82, 2.24) is 15.1 Å². The Labute approximate surface area is 140 Å². The molecular formula is C16H33N5O2. The summed E-state index contributed by atoms with van der Waals surface area (Å²) in [5.41, 5.74) is 0. The van der Waals surface area contributed by atoms with E-state index in [2.05, 4.69) is 32.0 Å². The summed E-state index contributed by atoms with van der Waals surface area (Å²) in [4.78, 5) is 13.2. The van der Waals surface area contributed by atoms with Crippen LogP contribution in [0.4, 0.5) is 0 Å². The second-order valence-electron chi connectivity index (χ2n) is 6.14. The molecule has 3 N–H and O–H groups in total. The molecular weight excluding hydrogens is 294 g/mol. The van der Waals surface area contributed by atoms with Gasteiger partial charge in [0.05, 0.1) is 25.3 Å². The van der Waals surface area contributed by atoms with Crippen LogP contribution in [0.5, 0.6) is 0 Å². The van der Waals surface area contributed by atoms with Gasteiger partial charge in [0.1, 0.15) is 5.84 Å². The number of amidine groups is 1. The molecule has 2 unspecified atom stereocenters. The molecule has 7 nitrogen and oxygen atoms in total. The highest BCUT2D eigenvalue weighted by molar-refractivity contribution is 5.95. The number of aliphatic hydroxyl groups is 2. The maximum absolute atomic E-state index is 9.67. The Bertz CT molecular complexity index is 371. The molecule has 0 aromatic rings. The van der Waals surface area contributed by atoms with Gasteiger partial charge in [-0.2, -0.15) is 0 Å². The Morgan fingerprint density at radius 3 is 2.48 bits per heavy atom. The highest BCUT2D eigenvalue weighted by Gasteiger charge is 2.12. The SMILES string of the molecule is CCN(CCN(CCNCC(C)O)CC(C)O)CC1=NCC=N1. The van der Waals surface area contributed by atoms with Crippen LogP contribution in [0.25, 0.3) is 0 Å². The third-order valence-electron chi connectivity index (χ3n) is 3.71. The molecule has 134 valence electrons. The summed E-state index contributed by atoms with van der Waals surface area (Å²) in [7, 11) is 0. The number of nitrogens with zero attached hydrogens (tertiary/aromatic N) is 4. The average Bonchev–Trinajstić information content (AvgIpc) is 2.99. The number of aliphatic hydroxyl groups excluding tert-OH is 2. The molecule has 0 saturated carbocycles. The van der Waals surface area contributed by atoms with Gasteiger partial charge in [-0.25, -0.2) is 4.99 Å². The monoisotopic (exact) mass is 327 g/mol. The van der Waals surface area contributed by atoms with Crippen molar-refractivity contribution in [2.24, 2.45) is 9.98 Å². The number of hydrogen-bond donors (Lipinski definition) is 3. The first-order chi connectivity index (χ1) is 11.0. The summed E-state index contributed by atoms with van der Waals surface area (Å²) in [6, 6.07) is 0. The van der Waals surface area contributed by atoms with Gasteiger partial charge in [0.15, 0.2) is 0 Å². The van der Waals surface area contributed by atoms with E-state index in [0.717, 1.165) is 45.1 Å². The molecule has 1 rings (SSSR count). The van der Waals surface area contributed by atoms with Gasteiger partial charge in [-0.1, -0.05) is 6.92 Å². The molecule has 0 bridgehead atoms. The summed E-state index contributed by atoms with van der Waals surface area (Å²) < 4.78 is 0. The smallest absolute Gasteiger partial charge is 0.137 e. The lowest BCUT2D eigenvalue weighted by molar-refractivity contribution is 0.117. The molecule has 0 fully saturated rings. The lowest BCUT2D eigenvalue weighted by Crippen LogP contribution is -2.43. The normalized spacial score (nSPS) is 17.1. The van der Waals surface area contributed by atoms with Crippen LogP contribution in [0.3, 0.4) is 0 Å². The van der Waals surface area contributed by atoms with Crippen LogP contribution in [-0.2, 0) is 0 Å². The third kappa shape index (κ3) is 9.78. The molecule has 7 heteroatoms. The largest absolute Gasteiger partial charge is 0.392 e. The summed E-state index contributed by atoms with van der Waals surface area (Å²) in [5.74, 6) is 0.910. The molecule has 0 aromatic carbocycles. The van der Waals surface area contributed by atoms with Crippen molar-refractivity contribution in [2.75, 3.05) is 58.9 Å². The fourth-order valence-corrected chi connectivity index (χ4v) is 2.47. The Morgan fingerprint density at radius 2 is 1.91 bits per heavy atom. The van der Waals surface area contributed by atoms with Crippen molar-refractivity contribution >= 4 is 12.1 Å². The number of rotatable bonds is 13. The van der Waals surface area contributed by atoms with Gasteiger partial charge in [0, 0.05) is 45.5 Å². The molecule has 2 atom stereocenters. The van der Waals surface area contributed by atoms with E-state index < -0.39 is 0 Å². The number of likely N-dealkylation sites (N-methyl/N-ethyl adjacent to an activating group) is 1. The predicted molar refractivity (Wildman–Crippen MR) is 95.6 cm³/mol. The van der Waals surface area contributed by atoms with Crippen molar-refractivity contribution in [2.45, 2.75) is 33.0 Å². The summed E-state index contributed by atoms with van der Waals surface area (Å²) in [6.45, 7) is 12.9. The predicted octanol–water partition coefficient (Wildman–Crippen LogP) is -0.556. The first kappa shape index (κ1) is 20.2. The van der Waals surface area contributed by atoms with Crippen molar-refractivity contribution < 1.29 is 10.2 Å². The maximum atomic E-state index is 9.67. The summed E-state index contributed by atoms with van der Waals surface area (Å²) >= 11 is 0. The number of aliphatic imine (C=N–C) groups is 2. The van der Waals surface area contributed by atoms with E-state index in [1.807, 2.05) is 13.1 Å². The zero-order valence-corrected chi connectivity index (χ0v) is 14.8. The fraction of sp³-hybridized carbons (Fsp3) is 0.875. The van der Waals surface area contributed by atoms with Crippen molar-refractivity contribution in [3.05, 3.63) is 0 Å². The molecule has 0 aliphatic carbocycles. The van der Waals surface area contributed by atoms with Gasteiger partial charge in [0.2, 0.25) is 0 Å². The van der Waals surface area contributed by atoms with E-state index in [0.29, 0.717) is 19.6 Å². The van der Waals surface area contributed by atoms with E-state index >= 15 is 0 Å². The standard InChI is InChI=1S/C16H33N5O2/c1-4-20(13-16-18-5-6-19-16)9-10-21(12-15(3)23)8-7-17-11-14(2)22/h5,14-15,17,22-23H,4,6-13H2,1-3H3. The number of hydrogen-bond acceptors (Lipinski definition) is 7. The minimum Gasteiger partial charge on any atom is -0.392 e. The van der Waals surface area contributed by atoms with Crippen molar-refractivity contribution in [3.63, 3.8) is 0 Å². The third-order valence-corrected chi connectivity index (χ3v) is 3.71. The lowest BCUT2D eigenvalue weighted by atomic mass is 10.3. The van der Waals surface area contributed by atoms with Gasteiger partial charge in [-0.05, 0) is 20.4 Å². The van der Waals surface area contributed by atoms with Gasteiger partial charge in [0.25, 0.3) is 0 Å². The topological polar surface area (TPSA) is 83.7 Å². The van der Waals surface area contributed by atoms with Crippen LogP contribution < -0.4 is 5.32 Å². The van der Waals surface area contributed by atoms with Crippen molar-refractivity contribution in [1.29, 1.82) is 0 Å². The minimum atomic E-state index is -0.342. The van der Waals surface area contributed by atoms with Gasteiger partial charge < -0.3 is 15.5 Å².